The number of rotatable bonds is 7. The summed E-state index contributed by atoms with van der Waals surface area (Å²) in [6.07, 6.45) is 0. The lowest BCUT2D eigenvalue weighted by Gasteiger charge is -2.24. The molecule has 0 saturated carbocycles. The van der Waals surface area contributed by atoms with Gasteiger partial charge < -0.3 is 10.1 Å². The van der Waals surface area contributed by atoms with E-state index in [1.165, 1.54) is 11.8 Å². The summed E-state index contributed by atoms with van der Waals surface area (Å²) in [5.74, 6) is 0.150. The second kappa shape index (κ2) is 8.87. The smallest absolute Gasteiger partial charge is 0.240 e. The number of carbonyl (C=O) groups is 2. The summed E-state index contributed by atoms with van der Waals surface area (Å²) in [5, 5.41) is 2.93. The van der Waals surface area contributed by atoms with Crippen molar-refractivity contribution < 1.29 is 14.3 Å². The fraction of sp³-hybridized carbons (Fsp3) is 0.300. The number of nitrogens with one attached hydrogen (secondary N) is 1. The van der Waals surface area contributed by atoms with Gasteiger partial charge in [-0.05, 0) is 31.5 Å². The van der Waals surface area contributed by atoms with Crippen LogP contribution in [0.1, 0.15) is 32.4 Å². The van der Waals surface area contributed by atoms with E-state index in [0.29, 0.717) is 18.0 Å². The third-order valence-corrected chi connectivity index (χ3v) is 3.81. The molecule has 0 heterocycles. The van der Waals surface area contributed by atoms with E-state index < -0.39 is 0 Å². The molecule has 2 aromatic carbocycles. The van der Waals surface area contributed by atoms with Gasteiger partial charge in [-0.2, -0.15) is 0 Å². The van der Waals surface area contributed by atoms with E-state index in [2.05, 4.69) is 5.32 Å². The van der Waals surface area contributed by atoms with Crippen LogP contribution >= 0.6 is 0 Å². The number of anilines is 1. The molecule has 0 aliphatic heterocycles. The minimum atomic E-state index is -0.224. The molecular weight excluding hydrogens is 316 g/mol. The van der Waals surface area contributed by atoms with Gasteiger partial charge in [0.05, 0.1) is 18.3 Å². The van der Waals surface area contributed by atoms with E-state index in [4.69, 9.17) is 4.74 Å². The van der Waals surface area contributed by atoms with E-state index in [1.54, 1.807) is 12.1 Å². The van der Waals surface area contributed by atoms with Crippen LogP contribution in [-0.2, 0) is 9.59 Å². The van der Waals surface area contributed by atoms with Gasteiger partial charge in [-0.25, -0.2) is 0 Å². The Kier molecular flexibility index (Phi) is 6.57. The summed E-state index contributed by atoms with van der Waals surface area (Å²) in [5.41, 5.74) is 1.61. The van der Waals surface area contributed by atoms with E-state index in [0.717, 1.165) is 5.56 Å². The van der Waals surface area contributed by atoms with Crippen molar-refractivity contribution in [2.75, 3.05) is 18.1 Å². The molecule has 0 fully saturated rings. The quantitative estimate of drug-likeness (QED) is 0.841. The van der Waals surface area contributed by atoms with Gasteiger partial charge in [0, 0.05) is 6.92 Å². The van der Waals surface area contributed by atoms with Gasteiger partial charge in [0.2, 0.25) is 11.8 Å². The molecular formula is C20H24N2O3. The number of amides is 2. The highest BCUT2D eigenvalue weighted by Gasteiger charge is 2.20. The summed E-state index contributed by atoms with van der Waals surface area (Å²) < 4.78 is 5.57. The molecule has 0 spiro atoms. The molecule has 1 unspecified atom stereocenters. The number of nitrogens with zero attached hydrogens (tertiary/aromatic N) is 1. The van der Waals surface area contributed by atoms with Crippen molar-refractivity contribution in [3.8, 4) is 5.75 Å². The molecule has 0 radical (unpaired) electrons. The van der Waals surface area contributed by atoms with Gasteiger partial charge in [0.15, 0.2) is 0 Å². The molecule has 132 valence electrons. The SMILES string of the molecule is CCOc1ccccc1N(CC(=O)NC(C)c1ccccc1)C(C)=O. The fourth-order valence-electron chi connectivity index (χ4n) is 2.58. The Bertz CT molecular complexity index is 716. The highest BCUT2D eigenvalue weighted by molar-refractivity contribution is 5.98. The van der Waals surface area contributed by atoms with E-state index in [1.807, 2.05) is 56.3 Å². The van der Waals surface area contributed by atoms with Crippen molar-refractivity contribution in [2.24, 2.45) is 0 Å². The van der Waals surface area contributed by atoms with E-state index >= 15 is 0 Å². The molecule has 1 atom stereocenters. The summed E-state index contributed by atoms with van der Waals surface area (Å²) in [6.45, 7) is 5.66. The minimum Gasteiger partial charge on any atom is -0.492 e. The van der Waals surface area contributed by atoms with Crippen molar-refractivity contribution in [2.45, 2.75) is 26.8 Å². The third-order valence-electron chi connectivity index (χ3n) is 3.81. The standard InChI is InChI=1S/C20H24N2O3/c1-4-25-19-13-9-8-12-18(19)22(16(3)23)14-20(24)21-15(2)17-10-6-5-7-11-17/h5-13,15H,4,14H2,1-3H3,(H,21,24). The van der Waals surface area contributed by atoms with Crippen molar-refractivity contribution in [3.05, 3.63) is 60.2 Å². The Balaban J connectivity index is 2.11. The van der Waals surface area contributed by atoms with Crippen LogP contribution < -0.4 is 15.0 Å². The Morgan fingerprint density at radius 1 is 1.08 bits per heavy atom. The van der Waals surface area contributed by atoms with Gasteiger partial charge >= 0.3 is 0 Å². The van der Waals surface area contributed by atoms with Crippen molar-refractivity contribution in [1.29, 1.82) is 0 Å². The average Bonchev–Trinajstić information content (AvgIpc) is 2.61. The summed E-state index contributed by atoms with van der Waals surface area (Å²) in [6, 6.07) is 16.8. The van der Waals surface area contributed by atoms with Crippen LogP contribution in [0.3, 0.4) is 0 Å². The molecule has 0 aliphatic carbocycles. The molecule has 5 heteroatoms. The maximum Gasteiger partial charge on any atom is 0.240 e. The Morgan fingerprint density at radius 3 is 2.36 bits per heavy atom. The van der Waals surface area contributed by atoms with Crippen LogP contribution in [0.15, 0.2) is 54.6 Å². The molecule has 0 aliphatic rings. The lowest BCUT2D eigenvalue weighted by molar-refractivity contribution is -0.123. The fourth-order valence-corrected chi connectivity index (χ4v) is 2.58. The normalized spacial score (nSPS) is 11.5. The summed E-state index contributed by atoms with van der Waals surface area (Å²) in [7, 11) is 0. The molecule has 2 aromatic rings. The number of benzene rings is 2. The van der Waals surface area contributed by atoms with Crippen LogP contribution in [0.4, 0.5) is 5.69 Å². The molecule has 0 bridgehead atoms. The van der Waals surface area contributed by atoms with Gasteiger partial charge in [0.1, 0.15) is 12.3 Å². The molecule has 0 aromatic heterocycles. The number of ether oxygens (including phenoxy) is 1. The number of hydrogen-bond acceptors (Lipinski definition) is 3. The van der Waals surface area contributed by atoms with E-state index in [9.17, 15) is 9.59 Å². The molecule has 2 amide bonds. The molecule has 25 heavy (non-hydrogen) atoms. The molecule has 1 N–H and O–H groups in total. The van der Waals surface area contributed by atoms with Gasteiger partial charge in [-0.3, -0.25) is 14.5 Å². The first kappa shape index (κ1) is 18.5. The first-order valence-electron chi connectivity index (χ1n) is 8.37. The lowest BCUT2D eigenvalue weighted by atomic mass is 10.1. The van der Waals surface area contributed by atoms with Crippen LogP contribution in [0, 0.1) is 0 Å². The van der Waals surface area contributed by atoms with Gasteiger partial charge in [-0.1, -0.05) is 42.5 Å². The van der Waals surface area contributed by atoms with E-state index in [-0.39, 0.29) is 24.4 Å². The third kappa shape index (κ3) is 5.08. The van der Waals surface area contributed by atoms with Crippen LogP contribution in [0.5, 0.6) is 5.75 Å². The highest BCUT2D eigenvalue weighted by atomic mass is 16.5. The van der Waals surface area contributed by atoms with Crippen molar-refractivity contribution >= 4 is 17.5 Å². The monoisotopic (exact) mass is 340 g/mol. The Labute approximate surface area is 148 Å². The predicted molar refractivity (Wildman–Crippen MR) is 98.6 cm³/mol. The maximum atomic E-state index is 12.4. The zero-order chi connectivity index (χ0) is 18.2. The first-order valence-corrected chi connectivity index (χ1v) is 8.37. The van der Waals surface area contributed by atoms with Crippen LogP contribution in [0.2, 0.25) is 0 Å². The topological polar surface area (TPSA) is 58.6 Å². The molecule has 0 saturated heterocycles. The van der Waals surface area contributed by atoms with Gasteiger partial charge in [-0.15, -0.1) is 0 Å². The predicted octanol–water partition coefficient (Wildman–Crippen LogP) is 3.32. The zero-order valence-corrected chi connectivity index (χ0v) is 14.9. The molecule has 5 nitrogen and oxygen atoms in total. The first-order chi connectivity index (χ1) is 12.0. The van der Waals surface area contributed by atoms with Gasteiger partial charge in [0.25, 0.3) is 0 Å². The Morgan fingerprint density at radius 2 is 1.72 bits per heavy atom. The Hall–Kier alpha value is -2.82. The molecule has 2 rings (SSSR count). The number of para-hydroxylation sites is 2. The number of carbonyl (C=O) groups excluding carboxylic acids is 2. The maximum absolute atomic E-state index is 12.4. The second-order valence-electron chi connectivity index (χ2n) is 5.71. The van der Waals surface area contributed by atoms with Crippen molar-refractivity contribution in [1.82, 2.24) is 5.32 Å². The van der Waals surface area contributed by atoms with Crippen LogP contribution in [0.25, 0.3) is 0 Å². The minimum absolute atomic E-state index is 0.0589. The lowest BCUT2D eigenvalue weighted by Crippen LogP contribution is -2.40. The summed E-state index contributed by atoms with van der Waals surface area (Å²) >= 11 is 0. The number of hydrogen-bond donors (Lipinski definition) is 1. The zero-order valence-electron chi connectivity index (χ0n) is 14.9. The largest absolute Gasteiger partial charge is 0.492 e. The average molecular weight is 340 g/mol. The van der Waals surface area contributed by atoms with Crippen molar-refractivity contribution in [3.63, 3.8) is 0 Å². The highest BCUT2D eigenvalue weighted by Crippen LogP contribution is 2.28. The van der Waals surface area contributed by atoms with Crippen LogP contribution in [-0.4, -0.2) is 25.0 Å². The second-order valence-corrected chi connectivity index (χ2v) is 5.71. The summed E-state index contributed by atoms with van der Waals surface area (Å²) in [4.78, 5) is 25.9.